The highest BCUT2D eigenvalue weighted by molar-refractivity contribution is 9.09. The van der Waals surface area contributed by atoms with Gasteiger partial charge in [-0.3, -0.25) is 15.4 Å². The Bertz CT molecular complexity index is 977. The number of nitro groups is 1. The number of nitrogens with one attached hydrogen (secondary N) is 1. The zero-order valence-corrected chi connectivity index (χ0v) is 16.1. The quantitative estimate of drug-likeness (QED) is 0.396. The van der Waals surface area contributed by atoms with Gasteiger partial charge in [-0.05, 0) is 6.92 Å². The van der Waals surface area contributed by atoms with Crippen molar-refractivity contribution in [2.75, 3.05) is 5.32 Å². The lowest BCUT2D eigenvalue weighted by Gasteiger charge is -2.11. The largest absolute Gasteiger partial charge is 0.460 e. The topological polar surface area (TPSA) is 154 Å². The summed E-state index contributed by atoms with van der Waals surface area (Å²) >= 11 is 1.94. The SMILES string of the molecule is Cc1cc(OC(F)(F)Br)nc(NC(=O)N=S(=O)=O)n1.O=[N+]([O-])c1ccccc1. The molecule has 28 heavy (non-hydrogen) atoms. The molecule has 0 atom stereocenters. The van der Waals surface area contributed by atoms with Gasteiger partial charge in [0.05, 0.1) is 4.92 Å². The summed E-state index contributed by atoms with van der Waals surface area (Å²) in [5, 5.41) is 8.24. The number of amides is 2. The lowest BCUT2D eigenvalue weighted by atomic mass is 10.3. The van der Waals surface area contributed by atoms with E-state index in [2.05, 4.69) is 19.1 Å². The first kappa shape index (κ1) is 23.0. The third kappa shape index (κ3) is 9.58. The van der Waals surface area contributed by atoms with Crippen LogP contribution < -0.4 is 10.1 Å². The van der Waals surface area contributed by atoms with Crippen molar-refractivity contribution < 1.29 is 31.7 Å². The first-order valence-electron chi connectivity index (χ1n) is 6.89. The molecule has 150 valence electrons. The molecule has 0 fully saturated rings. The summed E-state index contributed by atoms with van der Waals surface area (Å²) in [5.74, 6) is -0.945. The van der Waals surface area contributed by atoms with E-state index in [9.17, 15) is 32.1 Å². The number of urea groups is 1. The van der Waals surface area contributed by atoms with Crippen molar-refractivity contribution in [2.24, 2.45) is 4.36 Å². The molecular formula is C13H10BrF2N5O6S. The van der Waals surface area contributed by atoms with E-state index >= 15 is 0 Å². The first-order chi connectivity index (χ1) is 13.0. The van der Waals surface area contributed by atoms with Gasteiger partial charge in [0.1, 0.15) is 0 Å². The molecule has 0 aliphatic carbocycles. The van der Waals surface area contributed by atoms with Crippen LogP contribution in [0.5, 0.6) is 5.88 Å². The number of hydrogen-bond acceptors (Lipinski definition) is 8. The highest BCUT2D eigenvalue weighted by Crippen LogP contribution is 2.26. The molecule has 2 amide bonds. The van der Waals surface area contributed by atoms with Crippen LogP contribution in [0.3, 0.4) is 0 Å². The number of ether oxygens (including phenoxy) is 1. The highest BCUT2D eigenvalue weighted by atomic mass is 79.9. The maximum atomic E-state index is 12.6. The van der Waals surface area contributed by atoms with Crippen LogP contribution in [-0.2, 0) is 10.5 Å². The number of alkyl halides is 3. The molecule has 1 aromatic heterocycles. The Kier molecular flexibility index (Phi) is 8.46. The smallest absolute Gasteiger partial charge is 0.406 e. The summed E-state index contributed by atoms with van der Waals surface area (Å²) in [5.41, 5.74) is 0.345. The maximum Gasteiger partial charge on any atom is 0.460 e. The summed E-state index contributed by atoms with van der Waals surface area (Å²) in [7, 11) is -2.95. The number of nitro benzene ring substituents is 1. The fraction of sp³-hybridized carbons (Fsp3) is 0.154. The number of aromatic nitrogens is 2. The first-order valence-corrected chi connectivity index (χ1v) is 8.71. The second kappa shape index (κ2) is 10.3. The molecule has 0 saturated carbocycles. The normalized spacial score (nSPS) is 10.1. The molecule has 15 heteroatoms. The van der Waals surface area contributed by atoms with Crippen LogP contribution in [0, 0.1) is 17.0 Å². The van der Waals surface area contributed by atoms with Crippen LogP contribution in [-0.4, -0.2) is 34.4 Å². The Labute approximate surface area is 165 Å². The number of para-hydroxylation sites is 1. The average Bonchev–Trinajstić information content (AvgIpc) is 2.53. The number of nitrogens with zero attached hydrogens (tertiary/aromatic N) is 4. The van der Waals surface area contributed by atoms with Gasteiger partial charge < -0.3 is 4.74 Å². The molecule has 2 rings (SSSR count). The van der Waals surface area contributed by atoms with Gasteiger partial charge in [-0.25, -0.2) is 9.78 Å². The summed E-state index contributed by atoms with van der Waals surface area (Å²) in [6.45, 7) is 1.43. The number of carbonyl (C=O) groups is 1. The minimum atomic E-state index is -3.64. The Morgan fingerprint density at radius 1 is 1.32 bits per heavy atom. The van der Waals surface area contributed by atoms with Crippen LogP contribution in [0.4, 0.5) is 25.2 Å². The number of halogens is 3. The van der Waals surface area contributed by atoms with Crippen molar-refractivity contribution in [3.63, 3.8) is 0 Å². The van der Waals surface area contributed by atoms with Crippen LogP contribution in [0.1, 0.15) is 5.69 Å². The van der Waals surface area contributed by atoms with Crippen LogP contribution in [0.25, 0.3) is 0 Å². The van der Waals surface area contributed by atoms with E-state index in [-0.39, 0.29) is 11.4 Å². The minimum Gasteiger partial charge on any atom is -0.406 e. The molecule has 0 aliphatic heterocycles. The van der Waals surface area contributed by atoms with E-state index < -0.39 is 38.3 Å². The number of hydrogen-bond donors (Lipinski definition) is 1. The number of aryl methyl sites for hydroxylation is 1. The van der Waals surface area contributed by atoms with Crippen molar-refractivity contribution in [1.82, 2.24) is 9.97 Å². The summed E-state index contributed by atoms with van der Waals surface area (Å²) in [4.78, 5) is 27.7. The van der Waals surface area contributed by atoms with Gasteiger partial charge >= 0.3 is 21.5 Å². The Morgan fingerprint density at radius 3 is 2.39 bits per heavy atom. The second-order valence-electron chi connectivity index (χ2n) is 4.55. The average molecular weight is 482 g/mol. The van der Waals surface area contributed by atoms with Gasteiger partial charge in [0.15, 0.2) is 0 Å². The monoisotopic (exact) mass is 481 g/mol. The van der Waals surface area contributed by atoms with E-state index in [1.165, 1.54) is 19.1 Å². The van der Waals surface area contributed by atoms with E-state index in [0.29, 0.717) is 0 Å². The lowest BCUT2D eigenvalue weighted by Crippen LogP contribution is -2.17. The molecule has 0 spiro atoms. The molecule has 2 aromatic rings. The summed E-state index contributed by atoms with van der Waals surface area (Å²) < 4.78 is 52.1. The predicted octanol–water partition coefficient (Wildman–Crippen LogP) is 3.30. The van der Waals surface area contributed by atoms with Crippen molar-refractivity contribution in [3.8, 4) is 5.88 Å². The van der Waals surface area contributed by atoms with E-state index in [0.717, 1.165) is 6.07 Å². The molecular weight excluding hydrogens is 472 g/mol. The standard InChI is InChI=1S/C7H5BrF2N4O4S.C6H5NO2/c1-3-2-4(18-7(8,9)10)12-5(11-3)13-6(15)14-19(16)17;8-7(9)6-4-2-1-3-5-6/h2H,1H3,(H,11,12,13,15);1-5H. The summed E-state index contributed by atoms with van der Waals surface area (Å²) in [6.07, 6.45) is 0. The van der Waals surface area contributed by atoms with Crippen LogP contribution >= 0.6 is 15.9 Å². The third-order valence-electron chi connectivity index (χ3n) is 2.39. The second-order valence-corrected chi connectivity index (χ2v) is 6.09. The Morgan fingerprint density at radius 2 is 1.93 bits per heavy atom. The molecule has 0 aliphatic rings. The van der Waals surface area contributed by atoms with Gasteiger partial charge in [0.25, 0.3) is 5.69 Å². The number of non-ortho nitro benzene ring substituents is 1. The highest BCUT2D eigenvalue weighted by Gasteiger charge is 2.27. The Hall–Kier alpha value is -3.07. The van der Waals surface area contributed by atoms with Gasteiger partial charge in [0.2, 0.25) is 11.8 Å². The van der Waals surface area contributed by atoms with E-state index in [1.807, 2.05) is 21.2 Å². The van der Waals surface area contributed by atoms with Gasteiger partial charge in [-0.15, -0.1) is 0 Å². The molecule has 0 radical (unpaired) electrons. The molecule has 0 unspecified atom stereocenters. The maximum absolute atomic E-state index is 12.6. The van der Waals surface area contributed by atoms with Crippen molar-refractivity contribution in [3.05, 3.63) is 52.2 Å². The van der Waals surface area contributed by atoms with Crippen molar-refractivity contribution in [1.29, 1.82) is 0 Å². The third-order valence-corrected chi connectivity index (χ3v) is 2.87. The molecule has 1 heterocycles. The summed E-state index contributed by atoms with van der Waals surface area (Å²) in [6, 6.07) is 7.76. The van der Waals surface area contributed by atoms with Gasteiger partial charge in [-0.1, -0.05) is 22.6 Å². The van der Waals surface area contributed by atoms with Crippen molar-refractivity contribution in [2.45, 2.75) is 11.9 Å². The number of benzene rings is 1. The number of rotatable bonds is 4. The van der Waals surface area contributed by atoms with E-state index in [1.54, 1.807) is 18.2 Å². The molecule has 0 saturated heterocycles. The molecule has 1 N–H and O–H groups in total. The minimum absolute atomic E-state index is 0.137. The van der Waals surface area contributed by atoms with Crippen LogP contribution in [0.2, 0.25) is 0 Å². The van der Waals surface area contributed by atoms with Gasteiger partial charge in [-0.2, -0.15) is 22.2 Å². The van der Waals surface area contributed by atoms with Gasteiger partial charge in [0, 0.05) is 39.8 Å². The van der Waals surface area contributed by atoms with Crippen LogP contribution in [0.15, 0.2) is 40.8 Å². The predicted molar refractivity (Wildman–Crippen MR) is 94.7 cm³/mol. The zero-order chi connectivity index (χ0) is 21.3. The molecule has 0 bridgehead atoms. The lowest BCUT2D eigenvalue weighted by molar-refractivity contribution is -0.384. The fourth-order valence-corrected chi connectivity index (χ4v) is 1.85. The number of carbonyl (C=O) groups excluding carboxylic acids is 1. The molecule has 1 aromatic carbocycles. The fourth-order valence-electron chi connectivity index (χ4n) is 1.50. The zero-order valence-electron chi connectivity index (χ0n) is 13.7. The Balaban J connectivity index is 0.000000362. The molecule has 11 nitrogen and oxygen atoms in total. The van der Waals surface area contributed by atoms with Crippen molar-refractivity contribution >= 4 is 44.1 Å². The van der Waals surface area contributed by atoms with E-state index in [4.69, 9.17) is 0 Å². The number of anilines is 1.